The van der Waals surface area contributed by atoms with Crippen LogP contribution >= 0.6 is 0 Å². The number of sulfone groups is 1. The SMILES string of the molecule is CCS(=O)(=O)CCCC(C)(CNC(C)(C)C)C1CC1. The molecule has 1 fully saturated rings. The number of rotatable bonds is 8. The van der Waals surface area contributed by atoms with E-state index in [1.165, 1.54) is 12.8 Å². The molecule has 0 bridgehead atoms. The average molecular weight is 289 g/mol. The summed E-state index contributed by atoms with van der Waals surface area (Å²) in [6, 6.07) is 0. The highest BCUT2D eigenvalue weighted by atomic mass is 32.2. The lowest BCUT2D eigenvalue weighted by molar-refractivity contribution is 0.211. The fraction of sp³-hybridized carbons (Fsp3) is 1.00. The third-order valence-electron chi connectivity index (χ3n) is 4.23. The van der Waals surface area contributed by atoms with E-state index in [-0.39, 0.29) is 16.7 Å². The van der Waals surface area contributed by atoms with Crippen LogP contribution in [0.1, 0.15) is 60.3 Å². The zero-order valence-electron chi connectivity index (χ0n) is 13.3. The molecular weight excluding hydrogens is 258 g/mol. The lowest BCUT2D eigenvalue weighted by Crippen LogP contribution is -2.44. The van der Waals surface area contributed by atoms with Crippen molar-refractivity contribution in [3.63, 3.8) is 0 Å². The van der Waals surface area contributed by atoms with Crippen molar-refractivity contribution in [1.29, 1.82) is 0 Å². The fourth-order valence-electron chi connectivity index (χ4n) is 2.52. The smallest absolute Gasteiger partial charge is 0.150 e. The Balaban J connectivity index is 2.48. The Bertz CT molecular complexity index is 379. The van der Waals surface area contributed by atoms with Gasteiger partial charge in [0.1, 0.15) is 9.84 Å². The molecule has 0 heterocycles. The second-order valence-corrected chi connectivity index (χ2v) is 9.84. The highest BCUT2D eigenvalue weighted by Crippen LogP contribution is 2.48. The summed E-state index contributed by atoms with van der Waals surface area (Å²) in [4.78, 5) is 0. The van der Waals surface area contributed by atoms with Gasteiger partial charge in [-0.25, -0.2) is 8.42 Å². The van der Waals surface area contributed by atoms with Crippen molar-refractivity contribution in [1.82, 2.24) is 5.32 Å². The number of hydrogen-bond donors (Lipinski definition) is 1. The highest BCUT2D eigenvalue weighted by Gasteiger charge is 2.41. The third-order valence-corrected chi connectivity index (χ3v) is 6.02. The van der Waals surface area contributed by atoms with Crippen LogP contribution in [0.4, 0.5) is 0 Å². The summed E-state index contributed by atoms with van der Waals surface area (Å²) in [5.74, 6) is 1.40. The molecule has 0 amide bonds. The van der Waals surface area contributed by atoms with E-state index in [0.717, 1.165) is 25.3 Å². The van der Waals surface area contributed by atoms with Crippen molar-refractivity contribution >= 4 is 9.84 Å². The van der Waals surface area contributed by atoms with E-state index in [9.17, 15) is 8.42 Å². The molecule has 1 aliphatic rings. The Kier molecular flexibility index (Phi) is 5.47. The van der Waals surface area contributed by atoms with Crippen LogP contribution in [-0.4, -0.2) is 32.0 Å². The summed E-state index contributed by atoms with van der Waals surface area (Å²) in [5, 5.41) is 3.60. The molecule has 3 nitrogen and oxygen atoms in total. The minimum atomic E-state index is -2.81. The normalized spacial score (nSPS) is 20.3. The lowest BCUT2D eigenvalue weighted by atomic mass is 9.80. The highest BCUT2D eigenvalue weighted by molar-refractivity contribution is 7.91. The maximum absolute atomic E-state index is 11.6. The van der Waals surface area contributed by atoms with Crippen molar-refractivity contribution in [3.05, 3.63) is 0 Å². The Morgan fingerprint density at radius 1 is 1.16 bits per heavy atom. The van der Waals surface area contributed by atoms with Gasteiger partial charge in [-0.15, -0.1) is 0 Å². The van der Waals surface area contributed by atoms with Crippen LogP contribution in [0.3, 0.4) is 0 Å². The predicted molar refractivity (Wildman–Crippen MR) is 82.1 cm³/mol. The van der Waals surface area contributed by atoms with Crippen LogP contribution in [0, 0.1) is 11.3 Å². The average Bonchev–Trinajstić information content (AvgIpc) is 3.09. The van der Waals surface area contributed by atoms with Crippen LogP contribution < -0.4 is 5.32 Å². The second kappa shape index (κ2) is 6.13. The van der Waals surface area contributed by atoms with E-state index < -0.39 is 9.84 Å². The molecule has 0 aromatic carbocycles. The van der Waals surface area contributed by atoms with E-state index in [2.05, 4.69) is 33.0 Å². The van der Waals surface area contributed by atoms with Gasteiger partial charge in [-0.3, -0.25) is 0 Å². The maximum atomic E-state index is 11.6. The Morgan fingerprint density at radius 2 is 1.74 bits per heavy atom. The summed E-state index contributed by atoms with van der Waals surface area (Å²) in [6.45, 7) is 11.6. The van der Waals surface area contributed by atoms with E-state index >= 15 is 0 Å². The molecule has 0 spiro atoms. The summed E-state index contributed by atoms with van der Waals surface area (Å²) >= 11 is 0. The second-order valence-electron chi connectivity index (χ2n) is 7.37. The zero-order valence-corrected chi connectivity index (χ0v) is 14.1. The van der Waals surface area contributed by atoms with Crippen molar-refractivity contribution in [3.8, 4) is 0 Å². The van der Waals surface area contributed by atoms with Gasteiger partial charge in [-0.1, -0.05) is 13.8 Å². The first-order valence-corrected chi connectivity index (χ1v) is 9.35. The molecular formula is C15H31NO2S. The quantitative estimate of drug-likeness (QED) is 0.747. The van der Waals surface area contributed by atoms with Gasteiger partial charge < -0.3 is 5.32 Å². The Hall–Kier alpha value is -0.0900. The van der Waals surface area contributed by atoms with Crippen molar-refractivity contribution in [2.24, 2.45) is 11.3 Å². The van der Waals surface area contributed by atoms with Crippen LogP contribution in [0.15, 0.2) is 0 Å². The van der Waals surface area contributed by atoms with Crippen LogP contribution in [-0.2, 0) is 9.84 Å². The molecule has 19 heavy (non-hydrogen) atoms. The van der Waals surface area contributed by atoms with Gasteiger partial charge in [-0.05, 0) is 57.8 Å². The molecule has 4 heteroatoms. The van der Waals surface area contributed by atoms with Gasteiger partial charge in [-0.2, -0.15) is 0 Å². The van der Waals surface area contributed by atoms with Crippen molar-refractivity contribution in [2.45, 2.75) is 65.8 Å². The van der Waals surface area contributed by atoms with Gasteiger partial charge in [0.05, 0.1) is 5.75 Å². The summed E-state index contributed by atoms with van der Waals surface area (Å²) < 4.78 is 23.1. The standard InChI is InChI=1S/C15H31NO2S/c1-6-19(17,18)11-7-10-15(5,13-8-9-13)12-16-14(2,3)4/h13,16H,6-12H2,1-5H3. The molecule has 0 saturated heterocycles. The maximum Gasteiger partial charge on any atom is 0.150 e. The minimum Gasteiger partial charge on any atom is -0.312 e. The van der Waals surface area contributed by atoms with Gasteiger partial charge in [0.2, 0.25) is 0 Å². The largest absolute Gasteiger partial charge is 0.312 e. The molecule has 0 aromatic heterocycles. The van der Waals surface area contributed by atoms with Gasteiger partial charge in [0.25, 0.3) is 0 Å². The molecule has 0 radical (unpaired) electrons. The Labute approximate surface area is 119 Å². The fourth-order valence-corrected chi connectivity index (χ4v) is 3.40. The Morgan fingerprint density at radius 3 is 2.16 bits per heavy atom. The molecule has 1 unspecified atom stereocenters. The van der Waals surface area contributed by atoms with Crippen molar-refractivity contribution < 1.29 is 8.42 Å². The van der Waals surface area contributed by atoms with E-state index in [0.29, 0.717) is 5.75 Å². The summed E-state index contributed by atoms with van der Waals surface area (Å²) in [6.07, 6.45) is 4.43. The summed E-state index contributed by atoms with van der Waals surface area (Å²) in [7, 11) is -2.81. The van der Waals surface area contributed by atoms with Crippen LogP contribution in [0.2, 0.25) is 0 Å². The number of nitrogens with one attached hydrogen (secondary N) is 1. The topological polar surface area (TPSA) is 46.2 Å². The van der Waals surface area contributed by atoms with Gasteiger partial charge >= 0.3 is 0 Å². The molecule has 1 atom stereocenters. The van der Waals surface area contributed by atoms with Gasteiger partial charge in [0, 0.05) is 17.8 Å². The third kappa shape index (κ3) is 6.26. The number of hydrogen-bond acceptors (Lipinski definition) is 3. The first-order chi connectivity index (χ1) is 8.58. The summed E-state index contributed by atoms with van der Waals surface area (Å²) in [5.41, 5.74) is 0.391. The predicted octanol–water partition coefficient (Wildman–Crippen LogP) is 3.01. The first kappa shape index (κ1) is 17.0. The first-order valence-electron chi connectivity index (χ1n) is 7.53. The molecule has 114 valence electrons. The molecule has 0 aliphatic heterocycles. The zero-order chi connectivity index (χ0) is 14.7. The van der Waals surface area contributed by atoms with Crippen molar-refractivity contribution in [2.75, 3.05) is 18.1 Å². The molecule has 0 aromatic rings. The monoisotopic (exact) mass is 289 g/mol. The minimum absolute atomic E-state index is 0.131. The molecule has 1 N–H and O–H groups in total. The van der Waals surface area contributed by atoms with E-state index in [1.54, 1.807) is 6.92 Å². The molecule has 1 aliphatic carbocycles. The lowest BCUT2D eigenvalue weighted by Gasteiger charge is -2.34. The molecule has 1 rings (SSSR count). The van der Waals surface area contributed by atoms with E-state index in [4.69, 9.17) is 0 Å². The van der Waals surface area contributed by atoms with Crippen LogP contribution in [0.25, 0.3) is 0 Å². The van der Waals surface area contributed by atoms with Gasteiger partial charge in [0.15, 0.2) is 0 Å². The van der Waals surface area contributed by atoms with E-state index in [1.807, 2.05) is 0 Å². The molecule has 1 saturated carbocycles. The van der Waals surface area contributed by atoms with Crippen LogP contribution in [0.5, 0.6) is 0 Å².